The first-order chi connectivity index (χ1) is 16.6. The SMILES string of the molecule is C=C(C)C(=O)Oc1cc(OCCc2ccccc2)c(OCCc2ccccc2)c2ccccc12. The van der Waals surface area contributed by atoms with Crippen LogP contribution in [0.2, 0.25) is 0 Å². The van der Waals surface area contributed by atoms with Crippen molar-refractivity contribution in [1.82, 2.24) is 0 Å². The molecule has 0 spiro atoms. The summed E-state index contributed by atoms with van der Waals surface area (Å²) in [7, 11) is 0. The van der Waals surface area contributed by atoms with Gasteiger partial charge in [0, 0.05) is 35.3 Å². The molecule has 0 atom stereocenters. The maximum atomic E-state index is 12.3. The summed E-state index contributed by atoms with van der Waals surface area (Å²) in [5.41, 5.74) is 2.72. The van der Waals surface area contributed by atoms with Crippen molar-refractivity contribution >= 4 is 16.7 Å². The van der Waals surface area contributed by atoms with Gasteiger partial charge in [-0.25, -0.2) is 4.79 Å². The van der Waals surface area contributed by atoms with E-state index in [0.29, 0.717) is 36.0 Å². The zero-order valence-electron chi connectivity index (χ0n) is 19.3. The van der Waals surface area contributed by atoms with Crippen LogP contribution in [-0.4, -0.2) is 19.2 Å². The van der Waals surface area contributed by atoms with Gasteiger partial charge >= 0.3 is 5.97 Å². The van der Waals surface area contributed by atoms with Gasteiger partial charge < -0.3 is 14.2 Å². The van der Waals surface area contributed by atoms with E-state index in [4.69, 9.17) is 14.2 Å². The minimum absolute atomic E-state index is 0.332. The lowest BCUT2D eigenvalue weighted by Crippen LogP contribution is -2.10. The van der Waals surface area contributed by atoms with Crippen molar-refractivity contribution in [3.63, 3.8) is 0 Å². The van der Waals surface area contributed by atoms with Gasteiger partial charge in [-0.2, -0.15) is 0 Å². The van der Waals surface area contributed by atoms with Crippen molar-refractivity contribution in [1.29, 1.82) is 0 Å². The third-order valence-electron chi connectivity index (χ3n) is 5.45. The summed E-state index contributed by atoms with van der Waals surface area (Å²) >= 11 is 0. The second-order valence-corrected chi connectivity index (χ2v) is 8.09. The minimum atomic E-state index is -0.474. The molecule has 0 aliphatic rings. The van der Waals surface area contributed by atoms with E-state index in [0.717, 1.165) is 23.6 Å². The summed E-state index contributed by atoms with van der Waals surface area (Å²) in [4.78, 5) is 12.3. The number of benzene rings is 4. The first-order valence-electron chi connectivity index (χ1n) is 11.4. The lowest BCUT2D eigenvalue weighted by Gasteiger charge is -2.18. The Labute approximate surface area is 200 Å². The van der Waals surface area contributed by atoms with E-state index in [1.54, 1.807) is 13.0 Å². The number of rotatable bonds is 10. The van der Waals surface area contributed by atoms with Gasteiger partial charge in [0.25, 0.3) is 0 Å². The highest BCUT2D eigenvalue weighted by molar-refractivity contribution is 5.98. The predicted molar refractivity (Wildman–Crippen MR) is 136 cm³/mol. The number of carbonyl (C=O) groups excluding carboxylic acids is 1. The van der Waals surface area contributed by atoms with Crippen LogP contribution in [0.4, 0.5) is 0 Å². The largest absolute Gasteiger partial charge is 0.489 e. The Hall–Kier alpha value is -4.05. The Balaban J connectivity index is 1.63. The molecule has 4 rings (SSSR count). The molecule has 172 valence electrons. The molecule has 0 N–H and O–H groups in total. The van der Waals surface area contributed by atoms with Gasteiger partial charge in [-0.3, -0.25) is 0 Å². The zero-order chi connectivity index (χ0) is 23.8. The molecule has 0 saturated heterocycles. The topological polar surface area (TPSA) is 44.8 Å². The smallest absolute Gasteiger partial charge is 0.338 e. The fourth-order valence-corrected chi connectivity index (χ4v) is 3.66. The molecule has 34 heavy (non-hydrogen) atoms. The molecule has 0 fully saturated rings. The van der Waals surface area contributed by atoms with Crippen LogP contribution >= 0.6 is 0 Å². The number of fused-ring (bicyclic) bond motifs is 1. The summed E-state index contributed by atoms with van der Waals surface area (Å²) in [5, 5.41) is 1.61. The van der Waals surface area contributed by atoms with Crippen molar-refractivity contribution in [2.24, 2.45) is 0 Å². The maximum absolute atomic E-state index is 12.3. The Kier molecular flexibility index (Phi) is 7.61. The van der Waals surface area contributed by atoms with Crippen LogP contribution in [0.25, 0.3) is 10.8 Å². The number of hydrogen-bond donors (Lipinski definition) is 0. The number of ether oxygens (including phenoxy) is 3. The summed E-state index contributed by atoms with van der Waals surface area (Å²) in [6, 6.07) is 29.8. The lowest BCUT2D eigenvalue weighted by atomic mass is 10.1. The molecule has 0 aliphatic carbocycles. The Morgan fingerprint density at radius 2 is 1.24 bits per heavy atom. The van der Waals surface area contributed by atoms with Crippen LogP contribution in [0.15, 0.2) is 103 Å². The van der Waals surface area contributed by atoms with Crippen LogP contribution in [0.3, 0.4) is 0 Å². The molecule has 4 nitrogen and oxygen atoms in total. The molecular formula is C30H28O4. The van der Waals surface area contributed by atoms with Crippen LogP contribution in [0.5, 0.6) is 17.2 Å². The van der Waals surface area contributed by atoms with Crippen molar-refractivity contribution in [2.45, 2.75) is 19.8 Å². The van der Waals surface area contributed by atoms with Gasteiger partial charge in [-0.1, -0.05) is 91.5 Å². The van der Waals surface area contributed by atoms with Crippen molar-refractivity contribution in [3.8, 4) is 17.2 Å². The highest BCUT2D eigenvalue weighted by Gasteiger charge is 2.18. The maximum Gasteiger partial charge on any atom is 0.338 e. The Morgan fingerprint density at radius 3 is 1.82 bits per heavy atom. The number of hydrogen-bond acceptors (Lipinski definition) is 4. The molecule has 0 amide bonds. The predicted octanol–water partition coefficient (Wildman–Crippen LogP) is 6.56. The van der Waals surface area contributed by atoms with Gasteiger partial charge in [0.05, 0.1) is 13.2 Å². The number of carbonyl (C=O) groups is 1. The summed E-state index contributed by atoms with van der Waals surface area (Å²) in [5.74, 6) is 1.15. The number of esters is 1. The van der Waals surface area contributed by atoms with E-state index in [1.165, 1.54) is 11.1 Å². The minimum Gasteiger partial charge on any atom is -0.489 e. The van der Waals surface area contributed by atoms with Gasteiger partial charge in [-0.15, -0.1) is 0 Å². The molecule has 0 radical (unpaired) electrons. The lowest BCUT2D eigenvalue weighted by molar-refractivity contribution is -0.129. The highest BCUT2D eigenvalue weighted by atomic mass is 16.5. The van der Waals surface area contributed by atoms with Crippen LogP contribution in [0.1, 0.15) is 18.1 Å². The molecule has 4 aromatic rings. The van der Waals surface area contributed by atoms with Crippen molar-refractivity contribution in [2.75, 3.05) is 13.2 Å². The quantitative estimate of drug-likeness (QED) is 0.155. The van der Waals surface area contributed by atoms with Crippen LogP contribution in [0, 0.1) is 0 Å². The molecule has 0 aromatic heterocycles. The average molecular weight is 453 g/mol. The molecule has 4 heteroatoms. The van der Waals surface area contributed by atoms with Crippen molar-refractivity contribution < 1.29 is 19.0 Å². The molecule has 0 saturated carbocycles. The highest BCUT2D eigenvalue weighted by Crippen LogP contribution is 2.42. The second-order valence-electron chi connectivity index (χ2n) is 8.09. The van der Waals surface area contributed by atoms with E-state index in [2.05, 4.69) is 30.8 Å². The molecular weight excluding hydrogens is 424 g/mol. The fourth-order valence-electron chi connectivity index (χ4n) is 3.66. The third-order valence-corrected chi connectivity index (χ3v) is 5.45. The Bertz CT molecular complexity index is 1260. The Morgan fingerprint density at radius 1 is 0.706 bits per heavy atom. The molecule has 0 unspecified atom stereocenters. The fraction of sp³-hybridized carbons (Fsp3) is 0.167. The molecule has 0 heterocycles. The van der Waals surface area contributed by atoms with E-state index < -0.39 is 5.97 Å². The summed E-state index contributed by atoms with van der Waals surface area (Å²) in [6.45, 7) is 6.28. The summed E-state index contributed by atoms with van der Waals surface area (Å²) in [6.07, 6.45) is 1.52. The normalized spacial score (nSPS) is 10.6. The van der Waals surface area contributed by atoms with Gasteiger partial charge in [0.2, 0.25) is 0 Å². The van der Waals surface area contributed by atoms with E-state index in [9.17, 15) is 4.79 Å². The third kappa shape index (κ3) is 5.84. The van der Waals surface area contributed by atoms with Crippen molar-refractivity contribution in [3.05, 3.63) is 114 Å². The average Bonchev–Trinajstić information content (AvgIpc) is 2.87. The monoisotopic (exact) mass is 452 g/mol. The molecule has 0 aliphatic heterocycles. The standard InChI is InChI=1S/C30H28O4/c1-22(2)30(31)34-27-21-28(32-19-17-23-11-5-3-6-12-23)29(26-16-10-9-15-25(26)27)33-20-18-24-13-7-4-8-14-24/h3-16,21H,1,17-20H2,2H3. The van der Waals surface area contributed by atoms with Gasteiger partial charge in [0.1, 0.15) is 5.75 Å². The summed E-state index contributed by atoms with van der Waals surface area (Å²) < 4.78 is 18.1. The van der Waals surface area contributed by atoms with Crippen LogP contribution in [-0.2, 0) is 17.6 Å². The van der Waals surface area contributed by atoms with Crippen LogP contribution < -0.4 is 14.2 Å². The van der Waals surface area contributed by atoms with Gasteiger partial charge in [0.15, 0.2) is 11.5 Å². The van der Waals surface area contributed by atoms with Gasteiger partial charge in [-0.05, 0) is 18.1 Å². The van der Waals surface area contributed by atoms with E-state index >= 15 is 0 Å². The van der Waals surface area contributed by atoms with E-state index in [-0.39, 0.29) is 0 Å². The van der Waals surface area contributed by atoms with E-state index in [1.807, 2.05) is 60.7 Å². The molecule has 0 bridgehead atoms. The first-order valence-corrected chi connectivity index (χ1v) is 11.4. The molecule has 4 aromatic carbocycles. The zero-order valence-corrected chi connectivity index (χ0v) is 19.3. The first kappa shape index (κ1) is 23.1. The second kappa shape index (κ2) is 11.2.